The zero-order valence-electron chi connectivity index (χ0n) is 18.0. The molecule has 1 aliphatic rings. The van der Waals surface area contributed by atoms with Crippen LogP contribution in [0.3, 0.4) is 0 Å². The number of hydrogen-bond acceptors (Lipinski definition) is 5. The number of amides is 1. The third-order valence-corrected chi connectivity index (χ3v) is 5.74. The van der Waals surface area contributed by atoms with Gasteiger partial charge in [0.15, 0.2) is 0 Å². The molecule has 0 spiro atoms. The Balaban J connectivity index is 1.44. The molecule has 0 bridgehead atoms. The molecule has 3 aromatic rings. The Bertz CT molecular complexity index is 991. The Morgan fingerprint density at radius 2 is 1.93 bits per heavy atom. The summed E-state index contributed by atoms with van der Waals surface area (Å²) in [5, 5.41) is 3.27. The molecule has 1 amide bonds. The van der Waals surface area contributed by atoms with Crippen molar-refractivity contribution in [1.82, 2.24) is 24.8 Å². The highest BCUT2D eigenvalue weighted by Gasteiger charge is 2.26. The number of aromatic nitrogens is 4. The summed E-state index contributed by atoms with van der Waals surface area (Å²) < 4.78 is 2.11. The number of carbonyl (C=O) groups excluding carboxylic acids is 1. The van der Waals surface area contributed by atoms with Crippen LogP contribution in [0.2, 0.25) is 0 Å². The van der Waals surface area contributed by atoms with Crippen molar-refractivity contribution in [3.05, 3.63) is 48.7 Å². The normalized spacial score (nSPS) is 16.2. The zero-order chi connectivity index (χ0) is 21.1. The highest BCUT2D eigenvalue weighted by Crippen LogP contribution is 2.24. The first-order chi connectivity index (χ1) is 14.5. The summed E-state index contributed by atoms with van der Waals surface area (Å²) in [7, 11) is 0. The van der Waals surface area contributed by atoms with E-state index in [1.54, 1.807) is 18.6 Å². The molecule has 1 fully saturated rings. The van der Waals surface area contributed by atoms with Crippen LogP contribution in [0.4, 0.5) is 5.82 Å². The van der Waals surface area contributed by atoms with Crippen LogP contribution in [0.5, 0.6) is 0 Å². The monoisotopic (exact) mass is 406 g/mol. The van der Waals surface area contributed by atoms with Gasteiger partial charge in [-0.05, 0) is 37.8 Å². The standard InChI is InChI=1S/C23H30N6O/c1-16(2)14-21-27-19-6-4-5-7-20(19)29(21)17(3)23(30)26-18-8-12-28(13-9-18)22-15-24-10-11-25-22/h4-7,10-11,15-18H,8-9,12-14H2,1-3H3,(H,26,30)/t17-/m0/s1. The van der Waals surface area contributed by atoms with Crippen LogP contribution in [0.1, 0.15) is 45.5 Å². The van der Waals surface area contributed by atoms with E-state index in [4.69, 9.17) is 4.98 Å². The fourth-order valence-corrected chi connectivity index (χ4v) is 4.18. The largest absolute Gasteiger partial charge is 0.355 e. The quantitative estimate of drug-likeness (QED) is 0.679. The number of anilines is 1. The van der Waals surface area contributed by atoms with Gasteiger partial charge in [0, 0.05) is 37.9 Å². The Morgan fingerprint density at radius 1 is 1.17 bits per heavy atom. The molecule has 7 nitrogen and oxygen atoms in total. The summed E-state index contributed by atoms with van der Waals surface area (Å²) in [6.07, 6.45) is 7.85. The molecule has 0 unspecified atom stereocenters. The molecule has 1 aliphatic heterocycles. The Labute approximate surface area is 177 Å². The van der Waals surface area contributed by atoms with Gasteiger partial charge in [0.1, 0.15) is 17.7 Å². The third-order valence-electron chi connectivity index (χ3n) is 5.74. The second-order valence-electron chi connectivity index (χ2n) is 8.49. The topological polar surface area (TPSA) is 75.9 Å². The Hall–Kier alpha value is -2.96. The molecule has 7 heteroatoms. The Kier molecular flexibility index (Phi) is 5.97. The minimum atomic E-state index is -0.302. The molecule has 0 saturated carbocycles. The summed E-state index contributed by atoms with van der Waals surface area (Å²) in [6, 6.07) is 7.94. The molecule has 1 saturated heterocycles. The number of imidazole rings is 1. The maximum Gasteiger partial charge on any atom is 0.243 e. The minimum Gasteiger partial charge on any atom is -0.355 e. The van der Waals surface area contributed by atoms with Crippen molar-refractivity contribution in [3.8, 4) is 0 Å². The molecule has 0 aliphatic carbocycles. The van der Waals surface area contributed by atoms with Crippen LogP contribution in [-0.2, 0) is 11.2 Å². The summed E-state index contributed by atoms with van der Waals surface area (Å²) in [5.74, 6) is 2.41. The maximum atomic E-state index is 13.1. The molecule has 158 valence electrons. The lowest BCUT2D eigenvalue weighted by Crippen LogP contribution is -2.46. The van der Waals surface area contributed by atoms with E-state index in [1.807, 2.05) is 25.1 Å². The minimum absolute atomic E-state index is 0.0566. The molecule has 4 rings (SSSR count). The van der Waals surface area contributed by atoms with E-state index in [2.05, 4.69) is 44.7 Å². The van der Waals surface area contributed by atoms with E-state index < -0.39 is 0 Å². The third kappa shape index (κ3) is 4.30. The van der Waals surface area contributed by atoms with Crippen molar-refractivity contribution in [1.29, 1.82) is 0 Å². The molecule has 3 heterocycles. The molecular weight excluding hydrogens is 376 g/mol. The van der Waals surface area contributed by atoms with Crippen molar-refractivity contribution in [2.45, 2.75) is 52.1 Å². The van der Waals surface area contributed by atoms with E-state index in [9.17, 15) is 4.79 Å². The van der Waals surface area contributed by atoms with Crippen LogP contribution in [0.25, 0.3) is 11.0 Å². The van der Waals surface area contributed by atoms with Gasteiger partial charge >= 0.3 is 0 Å². The molecule has 2 aromatic heterocycles. The van der Waals surface area contributed by atoms with E-state index in [-0.39, 0.29) is 18.0 Å². The second kappa shape index (κ2) is 8.81. The van der Waals surface area contributed by atoms with Crippen molar-refractivity contribution >= 4 is 22.8 Å². The van der Waals surface area contributed by atoms with Crippen LogP contribution < -0.4 is 10.2 Å². The van der Waals surface area contributed by atoms with Crippen LogP contribution in [-0.4, -0.2) is 44.6 Å². The average molecular weight is 407 g/mol. The first-order valence-electron chi connectivity index (χ1n) is 10.8. The number of benzene rings is 1. The van der Waals surface area contributed by atoms with Crippen molar-refractivity contribution < 1.29 is 4.79 Å². The summed E-state index contributed by atoms with van der Waals surface area (Å²) in [6.45, 7) is 8.07. The van der Waals surface area contributed by atoms with Gasteiger partial charge in [0.25, 0.3) is 0 Å². The van der Waals surface area contributed by atoms with Gasteiger partial charge in [-0.15, -0.1) is 0 Å². The highest BCUT2D eigenvalue weighted by atomic mass is 16.2. The average Bonchev–Trinajstić information content (AvgIpc) is 3.11. The first kappa shape index (κ1) is 20.3. The SMILES string of the molecule is CC(C)Cc1nc2ccccc2n1[C@@H](C)C(=O)NC1CCN(c2cnccn2)CC1. The second-order valence-corrected chi connectivity index (χ2v) is 8.49. The number of para-hydroxylation sites is 2. The van der Waals surface area contributed by atoms with Crippen molar-refractivity contribution in [2.24, 2.45) is 5.92 Å². The number of nitrogens with zero attached hydrogens (tertiary/aromatic N) is 5. The summed E-state index contributed by atoms with van der Waals surface area (Å²) in [5.41, 5.74) is 1.97. The maximum absolute atomic E-state index is 13.1. The van der Waals surface area contributed by atoms with Crippen LogP contribution in [0.15, 0.2) is 42.9 Å². The first-order valence-corrected chi connectivity index (χ1v) is 10.8. The number of piperidine rings is 1. The van der Waals surface area contributed by atoms with Crippen LogP contribution in [0, 0.1) is 5.92 Å². The lowest BCUT2D eigenvalue weighted by atomic mass is 10.0. The van der Waals surface area contributed by atoms with E-state index in [0.717, 1.165) is 55.0 Å². The number of carbonyl (C=O) groups is 1. The zero-order valence-corrected chi connectivity index (χ0v) is 18.0. The molecule has 1 N–H and O–H groups in total. The number of fused-ring (bicyclic) bond motifs is 1. The molecule has 30 heavy (non-hydrogen) atoms. The molecule has 0 radical (unpaired) electrons. The lowest BCUT2D eigenvalue weighted by Gasteiger charge is -2.33. The Morgan fingerprint density at radius 3 is 2.63 bits per heavy atom. The van der Waals surface area contributed by atoms with Gasteiger partial charge in [-0.2, -0.15) is 0 Å². The van der Waals surface area contributed by atoms with E-state index in [1.165, 1.54) is 0 Å². The molecular formula is C23H30N6O. The fraction of sp³-hybridized carbons (Fsp3) is 0.478. The lowest BCUT2D eigenvalue weighted by molar-refractivity contribution is -0.124. The van der Waals surface area contributed by atoms with Gasteiger partial charge in [-0.3, -0.25) is 9.78 Å². The predicted octanol–water partition coefficient (Wildman–Crippen LogP) is 3.37. The summed E-state index contributed by atoms with van der Waals surface area (Å²) in [4.78, 5) is 28.7. The van der Waals surface area contributed by atoms with Gasteiger partial charge < -0.3 is 14.8 Å². The van der Waals surface area contributed by atoms with Crippen LogP contribution >= 0.6 is 0 Å². The van der Waals surface area contributed by atoms with E-state index in [0.29, 0.717) is 5.92 Å². The van der Waals surface area contributed by atoms with Gasteiger partial charge in [-0.1, -0.05) is 26.0 Å². The molecule has 1 aromatic carbocycles. The smallest absolute Gasteiger partial charge is 0.243 e. The van der Waals surface area contributed by atoms with Gasteiger partial charge in [-0.25, -0.2) is 9.97 Å². The number of hydrogen-bond donors (Lipinski definition) is 1. The number of nitrogens with one attached hydrogen (secondary N) is 1. The predicted molar refractivity (Wildman–Crippen MR) is 118 cm³/mol. The molecule has 1 atom stereocenters. The van der Waals surface area contributed by atoms with Gasteiger partial charge in [0.05, 0.1) is 17.2 Å². The highest BCUT2D eigenvalue weighted by molar-refractivity contribution is 5.84. The summed E-state index contributed by atoms with van der Waals surface area (Å²) >= 11 is 0. The van der Waals surface area contributed by atoms with Crippen molar-refractivity contribution in [3.63, 3.8) is 0 Å². The van der Waals surface area contributed by atoms with E-state index >= 15 is 0 Å². The van der Waals surface area contributed by atoms with Crippen molar-refractivity contribution in [2.75, 3.05) is 18.0 Å². The van der Waals surface area contributed by atoms with Gasteiger partial charge in [0.2, 0.25) is 5.91 Å². The number of rotatable bonds is 6. The fourth-order valence-electron chi connectivity index (χ4n) is 4.18.